The van der Waals surface area contributed by atoms with Gasteiger partial charge in [-0.3, -0.25) is 0 Å². The van der Waals surface area contributed by atoms with Crippen LogP contribution in [0.4, 0.5) is 9.18 Å². The van der Waals surface area contributed by atoms with Crippen molar-refractivity contribution >= 4 is 6.03 Å². The molecule has 2 saturated carbocycles. The number of urea groups is 1. The van der Waals surface area contributed by atoms with E-state index in [0.29, 0.717) is 37.4 Å². The Labute approximate surface area is 113 Å². The van der Waals surface area contributed by atoms with Crippen LogP contribution in [-0.4, -0.2) is 42.3 Å². The monoisotopic (exact) mass is 269 g/mol. The van der Waals surface area contributed by atoms with Gasteiger partial charge < -0.3 is 16.0 Å². The average molecular weight is 269 g/mol. The van der Waals surface area contributed by atoms with Gasteiger partial charge in [0.15, 0.2) is 0 Å². The van der Waals surface area contributed by atoms with Crippen LogP contribution in [0.1, 0.15) is 44.9 Å². The summed E-state index contributed by atoms with van der Waals surface area (Å²) in [6.45, 7) is 1.10. The molecule has 3 fully saturated rings. The predicted octanol–water partition coefficient (Wildman–Crippen LogP) is 1.79. The maximum absolute atomic E-state index is 13.0. The molecule has 3 aliphatic rings. The average Bonchev–Trinajstić information content (AvgIpc) is 3.03. The van der Waals surface area contributed by atoms with Gasteiger partial charge in [0.25, 0.3) is 0 Å². The second kappa shape index (κ2) is 4.93. The van der Waals surface area contributed by atoms with Gasteiger partial charge in [-0.05, 0) is 50.4 Å². The fourth-order valence-corrected chi connectivity index (χ4v) is 3.61. The summed E-state index contributed by atoms with van der Waals surface area (Å²) in [7, 11) is 0. The lowest BCUT2D eigenvalue weighted by molar-refractivity contribution is 0.146. The normalized spacial score (nSPS) is 39.4. The Kier molecular flexibility index (Phi) is 3.41. The highest BCUT2D eigenvalue weighted by molar-refractivity contribution is 5.74. The van der Waals surface area contributed by atoms with Crippen LogP contribution in [0.15, 0.2) is 0 Å². The number of nitrogens with zero attached hydrogens (tertiary/aromatic N) is 1. The maximum atomic E-state index is 13.0. The first-order valence-electron chi connectivity index (χ1n) is 7.54. The minimum Gasteiger partial charge on any atom is -0.335 e. The summed E-state index contributed by atoms with van der Waals surface area (Å²) in [6, 6.07) is 0.676. The third-order valence-corrected chi connectivity index (χ3v) is 5.27. The number of rotatable bonds is 1. The molecule has 19 heavy (non-hydrogen) atoms. The number of amides is 2. The number of piperidine rings is 1. The van der Waals surface area contributed by atoms with Crippen molar-refractivity contribution in [3.63, 3.8) is 0 Å². The highest BCUT2D eigenvalue weighted by atomic mass is 19.1. The Hall–Kier alpha value is -0.840. The van der Waals surface area contributed by atoms with Gasteiger partial charge >= 0.3 is 6.03 Å². The van der Waals surface area contributed by atoms with Crippen molar-refractivity contribution < 1.29 is 9.18 Å². The van der Waals surface area contributed by atoms with Crippen molar-refractivity contribution in [1.29, 1.82) is 0 Å². The molecule has 2 aliphatic carbocycles. The first-order chi connectivity index (χ1) is 9.09. The minimum atomic E-state index is -0.727. The standard InChI is InChI=1S/C14H24FN3O/c15-10-3-7-18(8-4-10)13(19)17-11-1-5-14(6-2-11)9-12(14)16/h10-12H,1-9,16H2,(H,17,19). The molecule has 0 aromatic heterocycles. The number of likely N-dealkylation sites (tertiary alicyclic amines) is 1. The van der Waals surface area contributed by atoms with Crippen LogP contribution in [0.5, 0.6) is 0 Å². The molecule has 4 nitrogen and oxygen atoms in total. The molecule has 1 spiro atoms. The largest absolute Gasteiger partial charge is 0.335 e. The molecular weight excluding hydrogens is 245 g/mol. The lowest BCUT2D eigenvalue weighted by atomic mass is 9.83. The number of nitrogens with two attached hydrogens (primary N) is 1. The Morgan fingerprint density at radius 2 is 1.79 bits per heavy atom. The highest BCUT2D eigenvalue weighted by Gasteiger charge is 2.52. The van der Waals surface area contributed by atoms with E-state index >= 15 is 0 Å². The summed E-state index contributed by atoms with van der Waals surface area (Å²) in [5, 5.41) is 3.11. The quantitative estimate of drug-likeness (QED) is 0.762. The molecule has 0 aromatic carbocycles. The van der Waals surface area contributed by atoms with Gasteiger partial charge in [-0.15, -0.1) is 0 Å². The molecule has 1 unspecified atom stereocenters. The van der Waals surface area contributed by atoms with Gasteiger partial charge in [0.1, 0.15) is 6.17 Å². The smallest absolute Gasteiger partial charge is 0.317 e. The molecule has 1 heterocycles. The summed E-state index contributed by atoms with van der Waals surface area (Å²) in [5.41, 5.74) is 6.39. The van der Waals surface area contributed by atoms with E-state index in [1.807, 2.05) is 0 Å². The lowest BCUT2D eigenvalue weighted by Crippen LogP contribution is -2.49. The molecular formula is C14H24FN3O. The van der Waals surface area contributed by atoms with Crippen LogP contribution in [0, 0.1) is 5.41 Å². The van der Waals surface area contributed by atoms with Crippen molar-refractivity contribution in [2.24, 2.45) is 11.1 Å². The highest BCUT2D eigenvalue weighted by Crippen LogP contribution is 2.54. The number of nitrogens with one attached hydrogen (secondary N) is 1. The fraction of sp³-hybridized carbons (Fsp3) is 0.929. The van der Waals surface area contributed by atoms with Gasteiger partial charge in [0.05, 0.1) is 0 Å². The molecule has 108 valence electrons. The van der Waals surface area contributed by atoms with E-state index in [4.69, 9.17) is 5.73 Å². The Bertz CT molecular complexity index is 347. The van der Waals surface area contributed by atoms with Crippen LogP contribution >= 0.6 is 0 Å². The first-order valence-corrected chi connectivity index (χ1v) is 7.54. The number of carbonyl (C=O) groups excluding carboxylic acids is 1. The summed E-state index contributed by atoms with van der Waals surface area (Å²) in [4.78, 5) is 13.8. The molecule has 2 amide bonds. The van der Waals surface area contributed by atoms with Crippen molar-refractivity contribution in [1.82, 2.24) is 10.2 Å². The van der Waals surface area contributed by atoms with E-state index in [1.54, 1.807) is 4.90 Å². The van der Waals surface area contributed by atoms with E-state index in [-0.39, 0.29) is 12.1 Å². The van der Waals surface area contributed by atoms with E-state index < -0.39 is 6.17 Å². The van der Waals surface area contributed by atoms with Gasteiger partial charge in [0, 0.05) is 25.2 Å². The van der Waals surface area contributed by atoms with Gasteiger partial charge in [-0.1, -0.05) is 0 Å². The molecule has 3 rings (SSSR count). The van der Waals surface area contributed by atoms with Crippen molar-refractivity contribution in [2.45, 2.75) is 63.2 Å². The summed E-state index contributed by atoms with van der Waals surface area (Å²) in [6.07, 6.45) is 5.77. The molecule has 5 heteroatoms. The van der Waals surface area contributed by atoms with Crippen molar-refractivity contribution in [3.05, 3.63) is 0 Å². The number of alkyl halides is 1. The molecule has 0 aromatic rings. The zero-order valence-corrected chi connectivity index (χ0v) is 11.4. The summed E-state index contributed by atoms with van der Waals surface area (Å²) in [5.74, 6) is 0. The zero-order valence-electron chi connectivity index (χ0n) is 11.4. The number of hydrogen-bond acceptors (Lipinski definition) is 2. The lowest BCUT2D eigenvalue weighted by Gasteiger charge is -2.33. The third-order valence-electron chi connectivity index (χ3n) is 5.27. The van der Waals surface area contributed by atoms with Crippen LogP contribution < -0.4 is 11.1 Å². The maximum Gasteiger partial charge on any atom is 0.317 e. The fourth-order valence-electron chi connectivity index (χ4n) is 3.61. The van der Waals surface area contributed by atoms with E-state index in [1.165, 1.54) is 0 Å². The Morgan fingerprint density at radius 3 is 2.32 bits per heavy atom. The van der Waals surface area contributed by atoms with Crippen molar-refractivity contribution in [3.8, 4) is 0 Å². The molecule has 0 radical (unpaired) electrons. The van der Waals surface area contributed by atoms with Gasteiger partial charge in [-0.2, -0.15) is 0 Å². The van der Waals surface area contributed by atoms with Gasteiger partial charge in [0.2, 0.25) is 0 Å². The molecule has 0 bridgehead atoms. The van der Waals surface area contributed by atoms with E-state index in [2.05, 4.69) is 5.32 Å². The molecule has 1 aliphatic heterocycles. The van der Waals surface area contributed by atoms with Crippen LogP contribution in [-0.2, 0) is 0 Å². The van der Waals surface area contributed by atoms with Crippen LogP contribution in [0.2, 0.25) is 0 Å². The number of halogens is 1. The van der Waals surface area contributed by atoms with E-state index in [0.717, 1.165) is 32.1 Å². The van der Waals surface area contributed by atoms with E-state index in [9.17, 15) is 9.18 Å². The molecule has 1 saturated heterocycles. The number of carbonyl (C=O) groups is 1. The third kappa shape index (κ3) is 2.71. The first kappa shape index (κ1) is 13.2. The van der Waals surface area contributed by atoms with Crippen LogP contribution in [0.25, 0.3) is 0 Å². The minimum absolute atomic E-state index is 0.00653. The predicted molar refractivity (Wildman–Crippen MR) is 71.5 cm³/mol. The zero-order chi connectivity index (χ0) is 13.5. The van der Waals surface area contributed by atoms with Crippen LogP contribution in [0.3, 0.4) is 0 Å². The topological polar surface area (TPSA) is 58.4 Å². The molecule has 3 N–H and O–H groups in total. The van der Waals surface area contributed by atoms with Crippen molar-refractivity contribution in [2.75, 3.05) is 13.1 Å². The summed E-state index contributed by atoms with van der Waals surface area (Å²) < 4.78 is 13.0. The Balaban J connectivity index is 1.43. The number of hydrogen-bond donors (Lipinski definition) is 2. The Morgan fingerprint density at radius 1 is 1.21 bits per heavy atom. The second-order valence-corrected chi connectivity index (χ2v) is 6.56. The summed E-state index contributed by atoms with van der Waals surface area (Å²) >= 11 is 0. The SMILES string of the molecule is NC1CC12CCC(NC(=O)N1CCC(F)CC1)CC2. The van der Waals surface area contributed by atoms with Gasteiger partial charge in [-0.25, -0.2) is 9.18 Å². The second-order valence-electron chi connectivity index (χ2n) is 6.56. The molecule has 1 atom stereocenters.